The number of nitrogens with one attached hydrogen (secondary N) is 1. The highest BCUT2D eigenvalue weighted by atomic mass is 16.5. The smallest absolute Gasteiger partial charge is 0.340 e. The number of esters is 3. The minimum absolute atomic E-state index is 0.0378. The van der Waals surface area contributed by atoms with Gasteiger partial charge in [-0.05, 0) is 33.6 Å². The van der Waals surface area contributed by atoms with Crippen LogP contribution in [0.5, 0.6) is 0 Å². The quantitative estimate of drug-likeness (QED) is 0.428. The summed E-state index contributed by atoms with van der Waals surface area (Å²) in [6.45, 7) is 6.09. The number of hydrogen-bond donors (Lipinski definition) is 1. The number of ether oxygens (including phenoxy) is 3. The molecule has 1 fully saturated rings. The number of rotatable bonds is 7. The van der Waals surface area contributed by atoms with Gasteiger partial charge in [0.05, 0.1) is 31.0 Å². The summed E-state index contributed by atoms with van der Waals surface area (Å²) >= 11 is 0. The van der Waals surface area contributed by atoms with Crippen molar-refractivity contribution in [2.75, 3.05) is 26.4 Å². The number of carbonyl (C=O) groups excluding carboxylic acids is 3. The monoisotopic (exact) mass is 325 g/mol. The summed E-state index contributed by atoms with van der Waals surface area (Å²) < 4.78 is 14.8. The summed E-state index contributed by atoms with van der Waals surface area (Å²) in [6.07, 6.45) is 2.40. The van der Waals surface area contributed by atoms with E-state index in [1.807, 2.05) is 0 Å². The summed E-state index contributed by atoms with van der Waals surface area (Å²) in [6, 6.07) is 0. The Morgan fingerprint density at radius 2 is 1.61 bits per heavy atom. The zero-order valence-electron chi connectivity index (χ0n) is 13.8. The van der Waals surface area contributed by atoms with E-state index in [-0.39, 0.29) is 31.0 Å². The molecule has 0 bridgehead atoms. The summed E-state index contributed by atoms with van der Waals surface area (Å²) in [4.78, 5) is 36.3. The summed E-state index contributed by atoms with van der Waals surface area (Å²) in [5.74, 6) is -2.14. The molecule has 7 heteroatoms. The van der Waals surface area contributed by atoms with Gasteiger partial charge in [-0.2, -0.15) is 0 Å². The van der Waals surface area contributed by atoms with E-state index in [2.05, 4.69) is 5.32 Å². The first kappa shape index (κ1) is 18.7. The molecular weight excluding hydrogens is 302 g/mol. The Morgan fingerprint density at radius 3 is 2.13 bits per heavy atom. The normalized spacial score (nSPS) is 16.4. The van der Waals surface area contributed by atoms with Crippen molar-refractivity contribution in [1.82, 2.24) is 5.32 Å². The molecule has 1 heterocycles. The largest absolute Gasteiger partial charge is 0.463 e. The molecule has 23 heavy (non-hydrogen) atoms. The van der Waals surface area contributed by atoms with Crippen LogP contribution in [0, 0.1) is 0 Å². The van der Waals surface area contributed by atoms with Crippen LogP contribution < -0.4 is 5.32 Å². The topological polar surface area (TPSA) is 90.9 Å². The molecule has 0 aliphatic carbocycles. The van der Waals surface area contributed by atoms with Crippen LogP contribution in [0.2, 0.25) is 0 Å². The van der Waals surface area contributed by atoms with Crippen molar-refractivity contribution in [1.29, 1.82) is 0 Å². The van der Waals surface area contributed by atoms with Crippen molar-refractivity contribution in [3.05, 3.63) is 22.9 Å². The zero-order chi connectivity index (χ0) is 17.2. The van der Waals surface area contributed by atoms with Gasteiger partial charge in [-0.25, -0.2) is 14.4 Å². The SMILES string of the molecule is CCOC(=O)/C=C(C(=O)OCC)\C(C(=O)OCC)=C1/CCCN1. The highest BCUT2D eigenvalue weighted by Crippen LogP contribution is 2.23. The molecular formula is C16H23NO6. The summed E-state index contributed by atoms with van der Waals surface area (Å²) in [7, 11) is 0. The first-order chi connectivity index (χ1) is 11.0. The summed E-state index contributed by atoms with van der Waals surface area (Å²) in [5, 5.41) is 3.06. The van der Waals surface area contributed by atoms with Crippen LogP contribution >= 0.6 is 0 Å². The molecule has 1 rings (SSSR count). The Balaban J connectivity index is 3.31. The van der Waals surface area contributed by atoms with Crippen molar-refractivity contribution in [3.8, 4) is 0 Å². The van der Waals surface area contributed by atoms with Crippen molar-refractivity contribution in [2.24, 2.45) is 0 Å². The lowest BCUT2D eigenvalue weighted by Crippen LogP contribution is -2.23. The van der Waals surface area contributed by atoms with Crippen molar-refractivity contribution in [2.45, 2.75) is 33.6 Å². The van der Waals surface area contributed by atoms with E-state index < -0.39 is 17.9 Å². The molecule has 0 amide bonds. The van der Waals surface area contributed by atoms with E-state index in [1.165, 1.54) is 0 Å². The van der Waals surface area contributed by atoms with Gasteiger partial charge in [-0.1, -0.05) is 0 Å². The maximum absolute atomic E-state index is 12.3. The average molecular weight is 325 g/mol. The lowest BCUT2D eigenvalue weighted by molar-refractivity contribution is -0.142. The van der Waals surface area contributed by atoms with Gasteiger partial charge in [0.25, 0.3) is 0 Å². The Bertz CT molecular complexity index is 513. The van der Waals surface area contributed by atoms with Crippen LogP contribution in [0.25, 0.3) is 0 Å². The number of allylic oxidation sites excluding steroid dienone is 1. The third kappa shape index (κ3) is 5.43. The molecule has 7 nitrogen and oxygen atoms in total. The van der Waals surface area contributed by atoms with Crippen molar-refractivity contribution < 1.29 is 28.6 Å². The van der Waals surface area contributed by atoms with E-state index in [9.17, 15) is 14.4 Å². The molecule has 0 saturated carbocycles. The maximum Gasteiger partial charge on any atom is 0.340 e. The maximum atomic E-state index is 12.3. The minimum atomic E-state index is -0.759. The van der Waals surface area contributed by atoms with Crippen LogP contribution in [0.15, 0.2) is 22.9 Å². The molecule has 0 unspecified atom stereocenters. The average Bonchev–Trinajstić information content (AvgIpc) is 3.01. The fraction of sp³-hybridized carbons (Fsp3) is 0.562. The van der Waals surface area contributed by atoms with Crippen molar-refractivity contribution >= 4 is 17.9 Å². The molecule has 0 aromatic rings. The van der Waals surface area contributed by atoms with Gasteiger partial charge in [0.15, 0.2) is 0 Å². The van der Waals surface area contributed by atoms with E-state index in [0.29, 0.717) is 18.7 Å². The van der Waals surface area contributed by atoms with Gasteiger partial charge >= 0.3 is 17.9 Å². The molecule has 0 aromatic heterocycles. The zero-order valence-corrected chi connectivity index (χ0v) is 13.8. The fourth-order valence-corrected chi connectivity index (χ4v) is 2.15. The molecule has 128 valence electrons. The van der Waals surface area contributed by atoms with E-state index in [0.717, 1.165) is 12.5 Å². The van der Waals surface area contributed by atoms with Gasteiger partial charge in [0, 0.05) is 18.3 Å². The number of carbonyl (C=O) groups is 3. The van der Waals surface area contributed by atoms with E-state index in [1.54, 1.807) is 20.8 Å². The van der Waals surface area contributed by atoms with Crippen LogP contribution in [0.3, 0.4) is 0 Å². The molecule has 0 radical (unpaired) electrons. The predicted molar refractivity (Wildman–Crippen MR) is 82.2 cm³/mol. The minimum Gasteiger partial charge on any atom is -0.463 e. The Hall–Kier alpha value is -2.31. The van der Waals surface area contributed by atoms with E-state index >= 15 is 0 Å². The molecule has 1 aliphatic rings. The van der Waals surface area contributed by atoms with E-state index in [4.69, 9.17) is 14.2 Å². The lowest BCUT2D eigenvalue weighted by Gasteiger charge is -2.14. The second-order valence-corrected chi connectivity index (χ2v) is 4.63. The highest BCUT2D eigenvalue weighted by Gasteiger charge is 2.29. The van der Waals surface area contributed by atoms with Crippen LogP contribution in [0.1, 0.15) is 33.6 Å². The number of hydrogen-bond acceptors (Lipinski definition) is 7. The van der Waals surface area contributed by atoms with Crippen LogP contribution in [-0.4, -0.2) is 44.3 Å². The first-order valence-electron chi connectivity index (χ1n) is 7.75. The highest BCUT2D eigenvalue weighted by molar-refractivity contribution is 6.10. The molecule has 0 spiro atoms. The molecule has 0 aromatic carbocycles. The molecule has 1 N–H and O–H groups in total. The van der Waals surface area contributed by atoms with Gasteiger partial charge in [-0.15, -0.1) is 0 Å². The second kappa shape index (κ2) is 9.66. The standard InChI is InChI=1S/C16H23NO6/c1-4-21-13(18)10-11(15(19)22-5-2)14(16(20)23-6-3)12-8-7-9-17-12/h10,17H,4-9H2,1-3H3/b11-10+,14-12-. The third-order valence-electron chi connectivity index (χ3n) is 3.04. The van der Waals surface area contributed by atoms with Gasteiger partial charge in [0.1, 0.15) is 0 Å². The Morgan fingerprint density at radius 1 is 1.00 bits per heavy atom. The Kier molecular flexibility index (Phi) is 7.87. The van der Waals surface area contributed by atoms with Crippen molar-refractivity contribution in [3.63, 3.8) is 0 Å². The first-order valence-corrected chi connectivity index (χ1v) is 7.75. The van der Waals surface area contributed by atoms with Crippen LogP contribution in [-0.2, 0) is 28.6 Å². The predicted octanol–water partition coefficient (Wildman–Crippen LogP) is 1.24. The van der Waals surface area contributed by atoms with Crippen LogP contribution in [0.4, 0.5) is 0 Å². The molecule has 1 saturated heterocycles. The lowest BCUT2D eigenvalue weighted by atomic mass is 10.0. The molecule has 0 atom stereocenters. The summed E-state index contributed by atoms with van der Waals surface area (Å²) in [5.41, 5.74) is 0.469. The fourth-order valence-electron chi connectivity index (χ4n) is 2.15. The second-order valence-electron chi connectivity index (χ2n) is 4.63. The third-order valence-corrected chi connectivity index (χ3v) is 3.04. The Labute approximate surface area is 135 Å². The van der Waals surface area contributed by atoms with Gasteiger partial charge in [0.2, 0.25) is 0 Å². The van der Waals surface area contributed by atoms with Gasteiger partial charge in [-0.3, -0.25) is 0 Å². The molecule has 1 aliphatic heterocycles. The van der Waals surface area contributed by atoms with Gasteiger partial charge < -0.3 is 19.5 Å².